The lowest BCUT2D eigenvalue weighted by molar-refractivity contribution is -0.162. The van der Waals surface area contributed by atoms with Crippen molar-refractivity contribution in [3.8, 4) is 0 Å². The van der Waals surface area contributed by atoms with Crippen molar-refractivity contribution in [1.82, 2.24) is 0 Å². The number of hydrogen-bond donors (Lipinski definition) is 0. The van der Waals surface area contributed by atoms with Gasteiger partial charge in [0.1, 0.15) is 0 Å². The first-order valence-electron chi connectivity index (χ1n) is 6.81. The molecular formula is C14H26O2. The van der Waals surface area contributed by atoms with Gasteiger partial charge in [-0.2, -0.15) is 0 Å². The molecule has 0 bridgehead atoms. The zero-order valence-electron chi connectivity index (χ0n) is 10.6. The Morgan fingerprint density at radius 2 is 2.00 bits per heavy atom. The van der Waals surface area contributed by atoms with Crippen LogP contribution in [0.2, 0.25) is 0 Å². The van der Waals surface area contributed by atoms with Gasteiger partial charge < -0.3 is 9.47 Å². The highest BCUT2D eigenvalue weighted by Crippen LogP contribution is 2.13. The van der Waals surface area contributed by atoms with Crippen molar-refractivity contribution in [2.24, 2.45) is 0 Å². The first-order chi connectivity index (χ1) is 7.93. The van der Waals surface area contributed by atoms with Gasteiger partial charge in [0, 0.05) is 6.61 Å². The van der Waals surface area contributed by atoms with Crippen molar-refractivity contribution >= 4 is 0 Å². The molecule has 2 nitrogen and oxygen atoms in total. The summed E-state index contributed by atoms with van der Waals surface area (Å²) in [5.74, 6) is 0. The van der Waals surface area contributed by atoms with Crippen LogP contribution in [0, 0.1) is 0 Å². The summed E-state index contributed by atoms with van der Waals surface area (Å²) in [6.45, 7) is 3.94. The molecule has 1 unspecified atom stereocenters. The third-order valence-corrected chi connectivity index (χ3v) is 2.85. The number of rotatable bonds is 8. The summed E-state index contributed by atoms with van der Waals surface area (Å²) in [6.07, 6.45) is 14.2. The third-order valence-electron chi connectivity index (χ3n) is 2.85. The number of allylic oxidation sites excluding steroid dienone is 2. The quantitative estimate of drug-likeness (QED) is 0.459. The molecule has 0 N–H and O–H groups in total. The molecule has 1 fully saturated rings. The summed E-state index contributed by atoms with van der Waals surface area (Å²) in [7, 11) is 0. The van der Waals surface area contributed by atoms with Crippen LogP contribution in [0.1, 0.15) is 58.3 Å². The van der Waals surface area contributed by atoms with Gasteiger partial charge in [-0.15, -0.1) is 0 Å². The molecule has 2 heteroatoms. The van der Waals surface area contributed by atoms with E-state index in [9.17, 15) is 0 Å². The van der Waals surface area contributed by atoms with E-state index in [4.69, 9.17) is 9.47 Å². The van der Waals surface area contributed by atoms with Crippen LogP contribution in [0.5, 0.6) is 0 Å². The lowest BCUT2D eigenvalue weighted by Gasteiger charge is -2.22. The van der Waals surface area contributed by atoms with E-state index >= 15 is 0 Å². The zero-order valence-corrected chi connectivity index (χ0v) is 10.6. The van der Waals surface area contributed by atoms with Crippen LogP contribution in [0.3, 0.4) is 0 Å². The molecule has 1 saturated heterocycles. The van der Waals surface area contributed by atoms with Crippen molar-refractivity contribution in [1.29, 1.82) is 0 Å². The average Bonchev–Trinajstić information content (AvgIpc) is 2.34. The van der Waals surface area contributed by atoms with Crippen LogP contribution >= 0.6 is 0 Å². The second-order valence-electron chi connectivity index (χ2n) is 4.42. The number of ether oxygens (including phenoxy) is 2. The first kappa shape index (κ1) is 13.7. The van der Waals surface area contributed by atoms with Crippen LogP contribution in [0.15, 0.2) is 12.2 Å². The SMILES string of the molecule is CCCC/C=C/CCCOC1CCCCO1. The Labute approximate surface area is 100 Å². The number of hydrogen-bond acceptors (Lipinski definition) is 2. The number of unbranched alkanes of at least 4 members (excludes halogenated alkanes) is 3. The minimum Gasteiger partial charge on any atom is -0.353 e. The molecule has 1 aliphatic heterocycles. The zero-order chi connectivity index (χ0) is 11.5. The van der Waals surface area contributed by atoms with Crippen LogP contribution in [0.25, 0.3) is 0 Å². The van der Waals surface area contributed by atoms with E-state index in [1.807, 2.05) is 0 Å². The smallest absolute Gasteiger partial charge is 0.157 e. The second-order valence-corrected chi connectivity index (χ2v) is 4.42. The lowest BCUT2D eigenvalue weighted by Crippen LogP contribution is -2.22. The Hall–Kier alpha value is -0.340. The van der Waals surface area contributed by atoms with E-state index < -0.39 is 0 Å². The maximum absolute atomic E-state index is 5.65. The van der Waals surface area contributed by atoms with Crippen LogP contribution in [-0.4, -0.2) is 19.5 Å². The van der Waals surface area contributed by atoms with Gasteiger partial charge in [0.2, 0.25) is 0 Å². The highest BCUT2D eigenvalue weighted by molar-refractivity contribution is 4.81. The van der Waals surface area contributed by atoms with Gasteiger partial charge in [0.25, 0.3) is 0 Å². The van der Waals surface area contributed by atoms with E-state index in [1.165, 1.54) is 32.1 Å². The predicted molar refractivity (Wildman–Crippen MR) is 67.4 cm³/mol. The summed E-state index contributed by atoms with van der Waals surface area (Å²) in [5.41, 5.74) is 0. The second kappa shape index (κ2) is 9.86. The summed E-state index contributed by atoms with van der Waals surface area (Å²) in [4.78, 5) is 0. The van der Waals surface area contributed by atoms with Crippen molar-refractivity contribution in [2.75, 3.05) is 13.2 Å². The van der Waals surface area contributed by atoms with Crippen LogP contribution in [-0.2, 0) is 9.47 Å². The molecule has 0 aromatic heterocycles. The van der Waals surface area contributed by atoms with Crippen LogP contribution < -0.4 is 0 Å². The summed E-state index contributed by atoms with van der Waals surface area (Å²) >= 11 is 0. The van der Waals surface area contributed by atoms with E-state index in [-0.39, 0.29) is 6.29 Å². The molecule has 0 aliphatic carbocycles. The predicted octanol–water partition coefficient (Wildman–Crippen LogP) is 4.06. The van der Waals surface area contributed by atoms with Gasteiger partial charge in [-0.05, 0) is 38.5 Å². The standard InChI is InChI=1S/C14H26O2/c1-2-3-4-5-6-7-9-12-15-14-11-8-10-13-16-14/h5-6,14H,2-4,7-13H2,1H3/b6-5+. The Bertz CT molecular complexity index is 172. The molecule has 94 valence electrons. The van der Waals surface area contributed by atoms with Gasteiger partial charge >= 0.3 is 0 Å². The molecule has 0 saturated carbocycles. The molecule has 1 aliphatic rings. The summed E-state index contributed by atoms with van der Waals surface area (Å²) in [6, 6.07) is 0. The Morgan fingerprint density at radius 1 is 1.19 bits per heavy atom. The maximum atomic E-state index is 5.65. The fraction of sp³-hybridized carbons (Fsp3) is 0.857. The fourth-order valence-electron chi connectivity index (χ4n) is 1.82. The molecule has 0 radical (unpaired) electrons. The first-order valence-corrected chi connectivity index (χ1v) is 6.81. The van der Waals surface area contributed by atoms with Gasteiger partial charge in [0.15, 0.2) is 6.29 Å². The molecule has 0 spiro atoms. The van der Waals surface area contributed by atoms with E-state index in [0.717, 1.165) is 32.5 Å². The van der Waals surface area contributed by atoms with Crippen molar-refractivity contribution in [2.45, 2.75) is 64.6 Å². The maximum Gasteiger partial charge on any atom is 0.157 e. The Balaban J connectivity index is 1.85. The van der Waals surface area contributed by atoms with Gasteiger partial charge in [-0.25, -0.2) is 0 Å². The molecule has 0 amide bonds. The summed E-state index contributed by atoms with van der Waals surface area (Å²) in [5, 5.41) is 0. The Kier molecular flexibility index (Phi) is 8.45. The topological polar surface area (TPSA) is 18.5 Å². The van der Waals surface area contributed by atoms with Crippen molar-refractivity contribution in [3.63, 3.8) is 0 Å². The fourth-order valence-corrected chi connectivity index (χ4v) is 1.82. The highest BCUT2D eigenvalue weighted by Gasteiger charge is 2.12. The normalized spacial score (nSPS) is 21.7. The van der Waals surface area contributed by atoms with Gasteiger partial charge in [-0.3, -0.25) is 0 Å². The van der Waals surface area contributed by atoms with Gasteiger partial charge in [0.05, 0.1) is 6.61 Å². The average molecular weight is 226 g/mol. The van der Waals surface area contributed by atoms with Crippen molar-refractivity contribution in [3.05, 3.63) is 12.2 Å². The van der Waals surface area contributed by atoms with Gasteiger partial charge in [-0.1, -0.05) is 31.9 Å². The van der Waals surface area contributed by atoms with Crippen molar-refractivity contribution < 1.29 is 9.47 Å². The summed E-state index contributed by atoms with van der Waals surface area (Å²) < 4.78 is 11.2. The largest absolute Gasteiger partial charge is 0.353 e. The third kappa shape index (κ3) is 7.02. The molecule has 1 rings (SSSR count). The molecule has 1 heterocycles. The molecule has 16 heavy (non-hydrogen) atoms. The van der Waals surface area contributed by atoms with E-state index in [1.54, 1.807) is 0 Å². The van der Waals surface area contributed by atoms with E-state index in [2.05, 4.69) is 19.1 Å². The minimum absolute atomic E-state index is 0.0813. The Morgan fingerprint density at radius 3 is 2.69 bits per heavy atom. The monoisotopic (exact) mass is 226 g/mol. The van der Waals surface area contributed by atoms with E-state index in [0.29, 0.717) is 0 Å². The van der Waals surface area contributed by atoms with Crippen LogP contribution in [0.4, 0.5) is 0 Å². The molecule has 0 aromatic carbocycles. The highest BCUT2D eigenvalue weighted by atomic mass is 16.7. The molecule has 0 aromatic rings. The molecular weight excluding hydrogens is 200 g/mol. The molecule has 1 atom stereocenters. The minimum atomic E-state index is 0.0813. The lowest BCUT2D eigenvalue weighted by atomic mass is 10.2.